The third kappa shape index (κ3) is 7.59. The molecule has 0 saturated carbocycles. The van der Waals surface area contributed by atoms with E-state index >= 15 is 0 Å². The van der Waals surface area contributed by atoms with Gasteiger partial charge in [-0.05, 0) is 48.1 Å². The van der Waals surface area contributed by atoms with Gasteiger partial charge in [0, 0.05) is 13.1 Å². The molecular formula is C28H33N5O3. The first-order chi connectivity index (χ1) is 17.3. The van der Waals surface area contributed by atoms with E-state index in [0.29, 0.717) is 19.4 Å². The van der Waals surface area contributed by atoms with Crippen molar-refractivity contribution < 1.29 is 14.7 Å². The molecule has 3 aromatic carbocycles. The van der Waals surface area contributed by atoms with Gasteiger partial charge in [-0.3, -0.25) is 14.6 Å². The Morgan fingerprint density at radius 1 is 0.917 bits per heavy atom. The van der Waals surface area contributed by atoms with E-state index in [-0.39, 0.29) is 30.1 Å². The Kier molecular flexibility index (Phi) is 9.45. The van der Waals surface area contributed by atoms with Crippen molar-refractivity contribution in [2.75, 3.05) is 6.54 Å². The molecule has 0 aromatic heterocycles. The second-order valence-electron chi connectivity index (χ2n) is 8.60. The van der Waals surface area contributed by atoms with Gasteiger partial charge in [0.15, 0.2) is 5.96 Å². The van der Waals surface area contributed by atoms with Crippen molar-refractivity contribution in [2.45, 2.75) is 38.3 Å². The Bertz CT molecular complexity index is 1140. The van der Waals surface area contributed by atoms with Crippen molar-refractivity contribution in [3.63, 3.8) is 0 Å². The van der Waals surface area contributed by atoms with Crippen LogP contribution in [0.15, 0.2) is 83.9 Å². The molecule has 36 heavy (non-hydrogen) atoms. The van der Waals surface area contributed by atoms with E-state index in [1.165, 1.54) is 0 Å². The quantitative estimate of drug-likeness (QED) is 0.161. The number of aryl methyl sites for hydroxylation is 1. The number of aliphatic imine (C=N–C) groups is 1. The Balaban J connectivity index is 1.77. The fourth-order valence-electron chi connectivity index (χ4n) is 3.95. The maximum atomic E-state index is 13.6. The van der Waals surface area contributed by atoms with E-state index in [0.717, 1.165) is 22.3 Å². The van der Waals surface area contributed by atoms with Gasteiger partial charge in [0.1, 0.15) is 11.8 Å². The lowest BCUT2D eigenvalue weighted by Gasteiger charge is -2.23. The van der Waals surface area contributed by atoms with E-state index in [4.69, 9.17) is 11.5 Å². The molecule has 0 heterocycles. The zero-order valence-electron chi connectivity index (χ0n) is 20.4. The van der Waals surface area contributed by atoms with Crippen molar-refractivity contribution in [1.29, 1.82) is 0 Å². The molecule has 188 valence electrons. The molecule has 8 nitrogen and oxygen atoms in total. The highest BCUT2D eigenvalue weighted by atomic mass is 16.3. The molecule has 2 amide bonds. The van der Waals surface area contributed by atoms with Gasteiger partial charge in [-0.15, -0.1) is 0 Å². The summed E-state index contributed by atoms with van der Waals surface area (Å²) in [5, 5.41) is 15.6. The van der Waals surface area contributed by atoms with Crippen LogP contribution in [0.3, 0.4) is 0 Å². The molecule has 0 radical (unpaired) electrons. The second kappa shape index (κ2) is 12.9. The zero-order valence-corrected chi connectivity index (χ0v) is 20.4. The molecule has 0 aliphatic rings. The number of aromatic hydroxyl groups is 1. The van der Waals surface area contributed by atoms with Gasteiger partial charge >= 0.3 is 0 Å². The van der Waals surface area contributed by atoms with Gasteiger partial charge < -0.3 is 27.2 Å². The number of amides is 2. The van der Waals surface area contributed by atoms with Crippen molar-refractivity contribution >= 4 is 17.8 Å². The summed E-state index contributed by atoms with van der Waals surface area (Å²) in [6.45, 7) is 2.40. The van der Waals surface area contributed by atoms with Crippen LogP contribution in [0.4, 0.5) is 0 Å². The molecular weight excluding hydrogens is 454 g/mol. The maximum absolute atomic E-state index is 13.6. The molecule has 3 aromatic rings. The highest BCUT2D eigenvalue weighted by molar-refractivity contribution is 5.92. The van der Waals surface area contributed by atoms with Crippen molar-refractivity contribution in [1.82, 2.24) is 10.6 Å². The van der Waals surface area contributed by atoms with E-state index in [2.05, 4.69) is 15.6 Å². The molecule has 7 N–H and O–H groups in total. The average molecular weight is 488 g/mol. The summed E-state index contributed by atoms with van der Waals surface area (Å²) in [6, 6.07) is 23.3. The maximum Gasteiger partial charge on any atom is 0.242 e. The first-order valence-electron chi connectivity index (χ1n) is 11.9. The van der Waals surface area contributed by atoms with Gasteiger partial charge in [-0.1, -0.05) is 72.8 Å². The monoisotopic (exact) mass is 487 g/mol. The minimum absolute atomic E-state index is 0.0176. The number of guanidine groups is 1. The number of phenolic OH excluding ortho intramolecular Hbond substituents is 1. The highest BCUT2D eigenvalue weighted by Gasteiger charge is 2.27. The number of nitrogens with two attached hydrogens (primary N) is 2. The summed E-state index contributed by atoms with van der Waals surface area (Å²) < 4.78 is 0. The summed E-state index contributed by atoms with van der Waals surface area (Å²) in [7, 11) is 0. The van der Waals surface area contributed by atoms with E-state index < -0.39 is 12.0 Å². The SMILES string of the molecule is Cc1cc(CNC(=O)[C@H](CCCN=C(N)N)NC(=O)C(c2ccccc2)c2ccccc2)ccc1O. The second-order valence-corrected chi connectivity index (χ2v) is 8.60. The lowest BCUT2D eigenvalue weighted by Crippen LogP contribution is -2.48. The molecule has 1 atom stereocenters. The smallest absolute Gasteiger partial charge is 0.242 e. The number of rotatable bonds is 11. The number of phenols is 1. The molecule has 0 spiro atoms. The van der Waals surface area contributed by atoms with Gasteiger partial charge in [-0.25, -0.2) is 0 Å². The number of carbonyl (C=O) groups is 2. The summed E-state index contributed by atoms with van der Waals surface area (Å²) in [5.74, 6) is -0.965. The summed E-state index contributed by atoms with van der Waals surface area (Å²) in [6.07, 6.45) is 0.870. The van der Waals surface area contributed by atoms with Crippen molar-refractivity contribution in [3.05, 3.63) is 101 Å². The van der Waals surface area contributed by atoms with Crippen LogP contribution in [-0.2, 0) is 16.1 Å². The Labute approximate surface area is 211 Å². The third-order valence-corrected chi connectivity index (χ3v) is 5.83. The molecule has 0 saturated heterocycles. The Hall–Kier alpha value is -4.33. The normalized spacial score (nSPS) is 11.5. The number of hydrogen-bond acceptors (Lipinski definition) is 4. The lowest BCUT2D eigenvalue weighted by atomic mass is 9.90. The summed E-state index contributed by atoms with van der Waals surface area (Å²) in [4.78, 5) is 30.7. The highest BCUT2D eigenvalue weighted by Crippen LogP contribution is 2.25. The van der Waals surface area contributed by atoms with Crippen LogP contribution in [0.25, 0.3) is 0 Å². The number of nitrogens with one attached hydrogen (secondary N) is 2. The minimum Gasteiger partial charge on any atom is -0.508 e. The topological polar surface area (TPSA) is 143 Å². The summed E-state index contributed by atoms with van der Waals surface area (Å²) >= 11 is 0. The largest absolute Gasteiger partial charge is 0.508 e. The molecule has 3 rings (SSSR count). The van der Waals surface area contributed by atoms with Gasteiger partial charge in [0.25, 0.3) is 0 Å². The molecule has 8 heteroatoms. The van der Waals surface area contributed by atoms with Gasteiger partial charge in [0.05, 0.1) is 5.92 Å². The number of benzene rings is 3. The predicted octanol–water partition coefficient (Wildman–Crippen LogP) is 2.69. The number of nitrogens with zero attached hydrogens (tertiary/aromatic N) is 1. The number of carbonyl (C=O) groups excluding carboxylic acids is 2. The zero-order chi connectivity index (χ0) is 25.9. The molecule has 0 bridgehead atoms. The predicted molar refractivity (Wildman–Crippen MR) is 141 cm³/mol. The lowest BCUT2D eigenvalue weighted by molar-refractivity contribution is -0.129. The minimum atomic E-state index is -0.778. The average Bonchev–Trinajstić information content (AvgIpc) is 2.87. The van der Waals surface area contributed by atoms with E-state index in [1.807, 2.05) is 66.7 Å². The van der Waals surface area contributed by atoms with Gasteiger partial charge in [-0.2, -0.15) is 0 Å². The molecule has 0 aliphatic carbocycles. The Morgan fingerprint density at radius 3 is 2.08 bits per heavy atom. The van der Waals surface area contributed by atoms with E-state index in [1.54, 1.807) is 19.1 Å². The first-order valence-corrected chi connectivity index (χ1v) is 11.9. The third-order valence-electron chi connectivity index (χ3n) is 5.83. The van der Waals surface area contributed by atoms with Crippen molar-refractivity contribution in [2.24, 2.45) is 16.5 Å². The van der Waals surface area contributed by atoms with Crippen LogP contribution in [0.1, 0.15) is 41.0 Å². The first kappa shape index (κ1) is 26.3. The fraction of sp³-hybridized carbons (Fsp3) is 0.250. The van der Waals surface area contributed by atoms with Crippen LogP contribution in [0.5, 0.6) is 5.75 Å². The van der Waals surface area contributed by atoms with Crippen LogP contribution in [0, 0.1) is 6.92 Å². The number of hydrogen-bond donors (Lipinski definition) is 5. The summed E-state index contributed by atoms with van der Waals surface area (Å²) in [5.41, 5.74) is 14.1. The van der Waals surface area contributed by atoms with E-state index in [9.17, 15) is 14.7 Å². The van der Waals surface area contributed by atoms with Crippen molar-refractivity contribution in [3.8, 4) is 5.75 Å². The van der Waals surface area contributed by atoms with Crippen LogP contribution < -0.4 is 22.1 Å². The van der Waals surface area contributed by atoms with Crippen LogP contribution >= 0.6 is 0 Å². The van der Waals surface area contributed by atoms with Gasteiger partial charge in [0.2, 0.25) is 11.8 Å². The standard InChI is InChI=1S/C28H33N5O3/c1-19-17-20(14-15-24(19)34)18-32-26(35)23(13-8-16-31-28(29)30)33-27(36)25(21-9-4-2-5-10-21)22-11-6-3-7-12-22/h2-7,9-12,14-15,17,23,25,34H,8,13,16,18H2,1H3,(H,32,35)(H,33,36)(H4,29,30,31)/t23-/m0/s1. The van der Waals surface area contributed by atoms with Crippen LogP contribution in [-0.4, -0.2) is 35.5 Å². The van der Waals surface area contributed by atoms with Crippen LogP contribution in [0.2, 0.25) is 0 Å². The fourth-order valence-corrected chi connectivity index (χ4v) is 3.95. The molecule has 0 unspecified atom stereocenters. The molecule has 0 fully saturated rings. The Morgan fingerprint density at radius 2 is 1.53 bits per heavy atom. The molecule has 0 aliphatic heterocycles.